The molecule has 0 unspecified atom stereocenters. The number of aryl methyl sites for hydroxylation is 1. The first-order valence-electron chi connectivity index (χ1n) is 7.11. The van der Waals surface area contributed by atoms with Gasteiger partial charge in [-0.15, -0.1) is 0 Å². The van der Waals surface area contributed by atoms with Crippen molar-refractivity contribution in [3.63, 3.8) is 0 Å². The van der Waals surface area contributed by atoms with Gasteiger partial charge in [0, 0.05) is 37.9 Å². The molecule has 0 atom stereocenters. The van der Waals surface area contributed by atoms with Crippen LogP contribution < -0.4 is 4.90 Å². The van der Waals surface area contributed by atoms with Crippen LogP contribution in [0.2, 0.25) is 0 Å². The summed E-state index contributed by atoms with van der Waals surface area (Å²) in [6.07, 6.45) is 2.56. The second-order valence-corrected chi connectivity index (χ2v) is 5.81. The molecule has 0 bridgehead atoms. The van der Waals surface area contributed by atoms with Crippen LogP contribution in [0.25, 0.3) is 0 Å². The van der Waals surface area contributed by atoms with E-state index >= 15 is 0 Å². The third-order valence-electron chi connectivity index (χ3n) is 4.22. The summed E-state index contributed by atoms with van der Waals surface area (Å²) >= 11 is 0. The van der Waals surface area contributed by atoms with Gasteiger partial charge in [-0.3, -0.25) is 0 Å². The molecule has 0 spiro atoms. The minimum absolute atomic E-state index is 0.690. The molecule has 0 amide bonds. The quantitative estimate of drug-likeness (QED) is 0.807. The molecule has 0 saturated carbocycles. The molecule has 2 nitrogen and oxygen atoms in total. The zero-order valence-corrected chi connectivity index (χ0v) is 12.2. The number of rotatable bonds is 3. The van der Waals surface area contributed by atoms with E-state index in [2.05, 4.69) is 61.9 Å². The molecule has 0 aliphatic carbocycles. The molecule has 2 heteroatoms. The van der Waals surface area contributed by atoms with Gasteiger partial charge in [0.15, 0.2) is 0 Å². The molecule has 1 heterocycles. The van der Waals surface area contributed by atoms with Gasteiger partial charge in [-0.25, -0.2) is 0 Å². The summed E-state index contributed by atoms with van der Waals surface area (Å²) in [5.41, 5.74) is 2.69. The highest BCUT2D eigenvalue weighted by Crippen LogP contribution is 2.23. The van der Waals surface area contributed by atoms with Crippen LogP contribution in [-0.2, 0) is 0 Å². The van der Waals surface area contributed by atoms with Crippen molar-refractivity contribution in [3.8, 4) is 0 Å². The maximum atomic E-state index is 2.58. The van der Waals surface area contributed by atoms with E-state index in [-0.39, 0.29) is 0 Å². The SMILES string of the molecule is Cc1ccc(N(C)C2CCN(C(C)C)CC2)cc1. The van der Waals surface area contributed by atoms with E-state index in [1.165, 1.54) is 37.2 Å². The lowest BCUT2D eigenvalue weighted by molar-refractivity contribution is 0.171. The van der Waals surface area contributed by atoms with Crippen LogP contribution in [0.3, 0.4) is 0 Å². The van der Waals surface area contributed by atoms with Gasteiger partial charge in [0.1, 0.15) is 0 Å². The van der Waals surface area contributed by atoms with Gasteiger partial charge in [0.05, 0.1) is 0 Å². The zero-order chi connectivity index (χ0) is 13.1. The van der Waals surface area contributed by atoms with Crippen LogP contribution in [-0.4, -0.2) is 37.1 Å². The summed E-state index contributed by atoms with van der Waals surface area (Å²) in [5, 5.41) is 0. The molecule has 0 radical (unpaired) electrons. The van der Waals surface area contributed by atoms with Gasteiger partial charge in [-0.2, -0.15) is 0 Å². The molecule has 1 saturated heterocycles. The summed E-state index contributed by atoms with van der Waals surface area (Å²) in [4.78, 5) is 5.04. The Morgan fingerprint density at radius 1 is 1.11 bits per heavy atom. The van der Waals surface area contributed by atoms with E-state index in [9.17, 15) is 0 Å². The molecule has 0 N–H and O–H groups in total. The largest absolute Gasteiger partial charge is 0.372 e. The fourth-order valence-corrected chi connectivity index (χ4v) is 2.78. The summed E-state index contributed by atoms with van der Waals surface area (Å²) in [7, 11) is 2.24. The maximum absolute atomic E-state index is 2.58. The predicted molar refractivity (Wildman–Crippen MR) is 79.3 cm³/mol. The van der Waals surface area contributed by atoms with Crippen LogP contribution in [0.5, 0.6) is 0 Å². The monoisotopic (exact) mass is 246 g/mol. The Hall–Kier alpha value is -1.02. The Balaban J connectivity index is 1.95. The fourth-order valence-electron chi connectivity index (χ4n) is 2.78. The molecule has 100 valence electrons. The van der Waals surface area contributed by atoms with Crippen molar-refractivity contribution in [2.45, 2.75) is 45.7 Å². The molecular weight excluding hydrogens is 220 g/mol. The van der Waals surface area contributed by atoms with Crippen molar-refractivity contribution in [1.82, 2.24) is 4.90 Å². The van der Waals surface area contributed by atoms with Crippen molar-refractivity contribution in [2.75, 3.05) is 25.0 Å². The van der Waals surface area contributed by atoms with Crippen LogP contribution in [0.1, 0.15) is 32.3 Å². The molecule has 1 aromatic rings. The fraction of sp³-hybridized carbons (Fsp3) is 0.625. The molecule has 1 fully saturated rings. The van der Waals surface area contributed by atoms with Gasteiger partial charge >= 0.3 is 0 Å². The summed E-state index contributed by atoms with van der Waals surface area (Å²) in [6, 6.07) is 10.3. The van der Waals surface area contributed by atoms with E-state index in [0.717, 1.165) is 0 Å². The molecule has 1 aliphatic heterocycles. The number of nitrogens with zero attached hydrogens (tertiary/aromatic N) is 2. The first kappa shape index (κ1) is 13.4. The lowest BCUT2D eigenvalue weighted by atomic mass is 10.0. The average Bonchev–Trinajstić information content (AvgIpc) is 2.39. The highest BCUT2D eigenvalue weighted by atomic mass is 15.2. The summed E-state index contributed by atoms with van der Waals surface area (Å²) < 4.78 is 0. The Labute approximate surface area is 112 Å². The number of hydrogen-bond donors (Lipinski definition) is 0. The lowest BCUT2D eigenvalue weighted by Crippen LogP contribution is -2.45. The van der Waals surface area contributed by atoms with E-state index < -0.39 is 0 Å². The standard InChI is InChI=1S/C16H26N2/c1-13(2)18-11-9-16(10-12-18)17(4)15-7-5-14(3)6-8-15/h5-8,13,16H,9-12H2,1-4H3. The third-order valence-corrected chi connectivity index (χ3v) is 4.22. The number of anilines is 1. The van der Waals surface area contributed by atoms with E-state index in [1.54, 1.807) is 0 Å². The minimum atomic E-state index is 0.690. The topological polar surface area (TPSA) is 6.48 Å². The Bertz CT molecular complexity index is 361. The van der Waals surface area contributed by atoms with Gasteiger partial charge in [-0.05, 0) is 45.7 Å². The Morgan fingerprint density at radius 2 is 1.67 bits per heavy atom. The van der Waals surface area contributed by atoms with Crippen LogP contribution in [0.4, 0.5) is 5.69 Å². The van der Waals surface area contributed by atoms with Crippen molar-refractivity contribution in [2.24, 2.45) is 0 Å². The minimum Gasteiger partial charge on any atom is -0.372 e. The van der Waals surface area contributed by atoms with Crippen LogP contribution >= 0.6 is 0 Å². The van der Waals surface area contributed by atoms with Gasteiger partial charge in [-0.1, -0.05) is 17.7 Å². The average molecular weight is 246 g/mol. The second kappa shape index (κ2) is 5.75. The normalized spacial score (nSPS) is 18.3. The van der Waals surface area contributed by atoms with Gasteiger partial charge < -0.3 is 9.80 Å². The number of benzene rings is 1. The number of likely N-dealkylation sites (tertiary alicyclic amines) is 1. The first-order valence-corrected chi connectivity index (χ1v) is 7.11. The van der Waals surface area contributed by atoms with Crippen molar-refractivity contribution >= 4 is 5.69 Å². The van der Waals surface area contributed by atoms with Crippen LogP contribution in [0.15, 0.2) is 24.3 Å². The third kappa shape index (κ3) is 3.05. The zero-order valence-electron chi connectivity index (χ0n) is 12.2. The lowest BCUT2D eigenvalue weighted by Gasteiger charge is -2.39. The van der Waals surface area contributed by atoms with Crippen LogP contribution in [0, 0.1) is 6.92 Å². The van der Waals surface area contributed by atoms with E-state index in [4.69, 9.17) is 0 Å². The molecule has 18 heavy (non-hydrogen) atoms. The smallest absolute Gasteiger partial charge is 0.0366 e. The van der Waals surface area contributed by atoms with Crippen molar-refractivity contribution in [1.29, 1.82) is 0 Å². The predicted octanol–water partition coefficient (Wildman–Crippen LogP) is 3.30. The Kier molecular flexibility index (Phi) is 4.28. The second-order valence-electron chi connectivity index (χ2n) is 5.81. The highest BCUT2D eigenvalue weighted by molar-refractivity contribution is 5.47. The molecule has 2 rings (SSSR count). The summed E-state index contributed by atoms with van der Waals surface area (Å²) in [6.45, 7) is 9.20. The van der Waals surface area contributed by atoms with Crippen molar-refractivity contribution < 1.29 is 0 Å². The van der Waals surface area contributed by atoms with E-state index in [0.29, 0.717) is 12.1 Å². The van der Waals surface area contributed by atoms with Crippen molar-refractivity contribution in [3.05, 3.63) is 29.8 Å². The van der Waals surface area contributed by atoms with Gasteiger partial charge in [0.25, 0.3) is 0 Å². The number of piperidine rings is 1. The highest BCUT2D eigenvalue weighted by Gasteiger charge is 2.23. The summed E-state index contributed by atoms with van der Waals surface area (Å²) in [5.74, 6) is 0. The van der Waals surface area contributed by atoms with E-state index in [1.807, 2.05) is 0 Å². The first-order chi connectivity index (χ1) is 8.58. The molecule has 1 aliphatic rings. The molecule has 1 aromatic carbocycles. The molecular formula is C16H26N2. The number of hydrogen-bond acceptors (Lipinski definition) is 2. The maximum Gasteiger partial charge on any atom is 0.0366 e. The Morgan fingerprint density at radius 3 is 2.17 bits per heavy atom. The molecule has 0 aromatic heterocycles. The van der Waals surface area contributed by atoms with Gasteiger partial charge in [0.2, 0.25) is 0 Å².